The Hall–Kier alpha value is -1.88. The van der Waals surface area contributed by atoms with Gasteiger partial charge in [-0.25, -0.2) is 4.98 Å². The van der Waals surface area contributed by atoms with Gasteiger partial charge in [-0.05, 0) is 31.4 Å². The molecular formula is C14H19N3O2. The molecule has 1 aromatic heterocycles. The summed E-state index contributed by atoms with van der Waals surface area (Å²) in [6, 6.07) is 7.60. The lowest BCUT2D eigenvalue weighted by atomic mass is 10.2. The van der Waals surface area contributed by atoms with Gasteiger partial charge in [-0.2, -0.15) is 0 Å². The molecule has 0 aliphatic heterocycles. The third-order valence-corrected chi connectivity index (χ3v) is 3.17. The van der Waals surface area contributed by atoms with E-state index in [2.05, 4.69) is 10.7 Å². The first-order valence-electron chi connectivity index (χ1n) is 6.65. The molecule has 3 N–H and O–H groups in total. The summed E-state index contributed by atoms with van der Waals surface area (Å²) < 4.78 is 1.74. The highest BCUT2D eigenvalue weighted by Crippen LogP contribution is 2.17. The van der Waals surface area contributed by atoms with E-state index in [0.717, 1.165) is 49.1 Å². The van der Waals surface area contributed by atoms with E-state index in [1.807, 2.05) is 24.3 Å². The van der Waals surface area contributed by atoms with Crippen LogP contribution in [-0.2, 0) is 17.8 Å². The van der Waals surface area contributed by atoms with Gasteiger partial charge < -0.3 is 20.2 Å². The number of carboxylic acids is 1. The van der Waals surface area contributed by atoms with Crippen LogP contribution in [0.2, 0.25) is 0 Å². The lowest BCUT2D eigenvalue weighted by molar-refractivity contribution is -0.368. The molecule has 5 heteroatoms. The predicted octanol–water partition coefficient (Wildman–Crippen LogP) is -0.259. The standard InChI is InChI=1S/C14H19N3O2/c15-9-5-1-2-8-13-16-11-6-3-4-7-12(11)17(13)10-14(18)19/h3-4,6-7H,1-2,5,8-10,15H2,(H,18,19). The van der Waals surface area contributed by atoms with E-state index in [-0.39, 0.29) is 6.54 Å². The van der Waals surface area contributed by atoms with Crippen molar-refractivity contribution in [3.63, 3.8) is 0 Å². The molecule has 0 aliphatic rings. The van der Waals surface area contributed by atoms with Crippen molar-refractivity contribution in [3.05, 3.63) is 30.1 Å². The number of quaternary nitrogens is 1. The zero-order chi connectivity index (χ0) is 13.7. The van der Waals surface area contributed by atoms with Crippen LogP contribution in [0.25, 0.3) is 11.0 Å². The molecule has 0 radical (unpaired) electrons. The second kappa shape index (κ2) is 6.33. The number of carboxylic acid groups (broad SMARTS) is 1. The van der Waals surface area contributed by atoms with Crippen molar-refractivity contribution in [2.45, 2.75) is 32.2 Å². The minimum absolute atomic E-state index is 0.134. The average molecular weight is 261 g/mol. The minimum Gasteiger partial charge on any atom is -0.548 e. The van der Waals surface area contributed by atoms with Crippen molar-refractivity contribution in [2.75, 3.05) is 6.54 Å². The monoisotopic (exact) mass is 261 g/mol. The van der Waals surface area contributed by atoms with E-state index in [0.29, 0.717) is 0 Å². The van der Waals surface area contributed by atoms with Crippen LogP contribution < -0.4 is 10.8 Å². The number of benzene rings is 1. The smallest absolute Gasteiger partial charge is 0.110 e. The number of rotatable bonds is 7. The van der Waals surface area contributed by atoms with Crippen molar-refractivity contribution in [3.8, 4) is 0 Å². The molecule has 0 bridgehead atoms. The van der Waals surface area contributed by atoms with Crippen molar-refractivity contribution in [1.29, 1.82) is 0 Å². The average Bonchev–Trinajstić information content (AvgIpc) is 2.73. The van der Waals surface area contributed by atoms with Crippen molar-refractivity contribution < 1.29 is 15.6 Å². The van der Waals surface area contributed by atoms with Gasteiger partial charge in [0, 0.05) is 6.42 Å². The Balaban J connectivity index is 2.22. The summed E-state index contributed by atoms with van der Waals surface area (Å²) in [5.41, 5.74) is 5.52. The Morgan fingerprint density at radius 3 is 2.79 bits per heavy atom. The number of hydrogen-bond donors (Lipinski definition) is 1. The summed E-state index contributed by atoms with van der Waals surface area (Å²) in [5, 5.41) is 10.9. The van der Waals surface area contributed by atoms with Crippen LogP contribution in [0.15, 0.2) is 24.3 Å². The highest BCUT2D eigenvalue weighted by atomic mass is 16.4. The number of aromatic nitrogens is 2. The number of carbonyl (C=O) groups is 1. The molecule has 2 aromatic rings. The third-order valence-electron chi connectivity index (χ3n) is 3.17. The van der Waals surface area contributed by atoms with Crippen molar-refractivity contribution in [1.82, 2.24) is 9.55 Å². The Morgan fingerprint density at radius 1 is 1.26 bits per heavy atom. The molecule has 0 saturated carbocycles. The molecule has 0 amide bonds. The van der Waals surface area contributed by atoms with E-state index >= 15 is 0 Å². The van der Waals surface area contributed by atoms with E-state index < -0.39 is 5.97 Å². The molecule has 0 spiro atoms. The predicted molar refractivity (Wildman–Crippen MR) is 70.1 cm³/mol. The summed E-state index contributed by atoms with van der Waals surface area (Å²) in [6.07, 6.45) is 3.99. The number of para-hydroxylation sites is 2. The van der Waals surface area contributed by atoms with Crippen molar-refractivity contribution in [2.24, 2.45) is 0 Å². The molecule has 0 saturated heterocycles. The van der Waals surface area contributed by atoms with Crippen LogP contribution in [0.5, 0.6) is 0 Å². The number of aryl methyl sites for hydroxylation is 1. The van der Waals surface area contributed by atoms with Crippen LogP contribution >= 0.6 is 0 Å². The summed E-state index contributed by atoms with van der Waals surface area (Å²) >= 11 is 0. The Labute approximate surface area is 112 Å². The van der Waals surface area contributed by atoms with Crippen LogP contribution in [0.4, 0.5) is 0 Å². The van der Waals surface area contributed by atoms with Gasteiger partial charge in [0.1, 0.15) is 5.82 Å². The normalized spacial score (nSPS) is 11.0. The number of fused-ring (bicyclic) bond motifs is 1. The molecule has 2 rings (SSSR count). The Bertz CT molecular complexity index is 563. The molecule has 19 heavy (non-hydrogen) atoms. The molecule has 5 nitrogen and oxygen atoms in total. The second-order valence-corrected chi connectivity index (χ2v) is 4.64. The lowest BCUT2D eigenvalue weighted by Crippen LogP contribution is -2.50. The fraction of sp³-hybridized carbons (Fsp3) is 0.429. The van der Waals surface area contributed by atoms with Gasteiger partial charge in [-0.1, -0.05) is 12.1 Å². The molecule has 0 unspecified atom stereocenters. The molecule has 0 atom stereocenters. The molecule has 1 heterocycles. The van der Waals surface area contributed by atoms with Crippen LogP contribution in [0, 0.1) is 0 Å². The van der Waals surface area contributed by atoms with E-state index in [1.54, 1.807) is 4.57 Å². The van der Waals surface area contributed by atoms with Crippen LogP contribution in [0.3, 0.4) is 0 Å². The quantitative estimate of drug-likeness (QED) is 0.697. The minimum atomic E-state index is -1.08. The SMILES string of the molecule is [NH3+]CCCCCc1nc2ccccc2n1CC(=O)[O-]. The fourth-order valence-corrected chi connectivity index (χ4v) is 2.26. The topological polar surface area (TPSA) is 85.6 Å². The second-order valence-electron chi connectivity index (χ2n) is 4.64. The number of imidazole rings is 1. The zero-order valence-electron chi connectivity index (χ0n) is 11.0. The maximum Gasteiger partial charge on any atom is 0.110 e. The van der Waals surface area contributed by atoms with Gasteiger partial charge in [-0.15, -0.1) is 0 Å². The van der Waals surface area contributed by atoms with E-state index in [9.17, 15) is 9.90 Å². The number of carbonyl (C=O) groups excluding carboxylic acids is 1. The van der Waals surface area contributed by atoms with Crippen molar-refractivity contribution >= 4 is 17.0 Å². The molecule has 1 aromatic carbocycles. The van der Waals surface area contributed by atoms with Gasteiger partial charge in [0.2, 0.25) is 0 Å². The fourth-order valence-electron chi connectivity index (χ4n) is 2.26. The lowest BCUT2D eigenvalue weighted by Gasteiger charge is -2.09. The number of unbranched alkanes of at least 4 members (excludes halogenated alkanes) is 2. The molecular weight excluding hydrogens is 242 g/mol. The summed E-state index contributed by atoms with van der Waals surface area (Å²) in [6.45, 7) is 0.806. The third kappa shape index (κ3) is 3.32. The first-order valence-corrected chi connectivity index (χ1v) is 6.65. The number of aliphatic carboxylic acids is 1. The Morgan fingerprint density at radius 2 is 2.05 bits per heavy atom. The number of nitrogens with zero attached hydrogens (tertiary/aromatic N) is 2. The molecule has 0 aliphatic carbocycles. The Kier molecular flexibility index (Phi) is 4.52. The maximum atomic E-state index is 10.9. The number of hydrogen-bond acceptors (Lipinski definition) is 3. The summed E-state index contributed by atoms with van der Waals surface area (Å²) in [4.78, 5) is 15.4. The van der Waals surface area contributed by atoms with Crippen LogP contribution in [0.1, 0.15) is 25.1 Å². The molecule has 102 valence electrons. The zero-order valence-corrected chi connectivity index (χ0v) is 11.0. The first-order chi connectivity index (χ1) is 9.22. The van der Waals surface area contributed by atoms with E-state index in [1.165, 1.54) is 0 Å². The highest BCUT2D eigenvalue weighted by molar-refractivity contribution is 5.78. The maximum absolute atomic E-state index is 10.9. The summed E-state index contributed by atoms with van der Waals surface area (Å²) in [5.74, 6) is -0.253. The van der Waals surface area contributed by atoms with Gasteiger partial charge in [0.25, 0.3) is 0 Å². The molecule has 0 fully saturated rings. The van der Waals surface area contributed by atoms with Gasteiger partial charge in [-0.3, -0.25) is 0 Å². The van der Waals surface area contributed by atoms with Gasteiger partial charge in [0.05, 0.1) is 30.1 Å². The van der Waals surface area contributed by atoms with Crippen LogP contribution in [-0.4, -0.2) is 22.1 Å². The van der Waals surface area contributed by atoms with Gasteiger partial charge >= 0.3 is 0 Å². The largest absolute Gasteiger partial charge is 0.548 e. The van der Waals surface area contributed by atoms with Gasteiger partial charge in [0.15, 0.2) is 0 Å². The first kappa shape index (κ1) is 13.5. The van der Waals surface area contributed by atoms with E-state index in [4.69, 9.17) is 0 Å². The summed E-state index contributed by atoms with van der Waals surface area (Å²) in [7, 11) is 0. The highest BCUT2D eigenvalue weighted by Gasteiger charge is 2.09.